The maximum absolute atomic E-state index is 12.0. The molecule has 2 amide bonds. The Bertz CT molecular complexity index is 947. The number of carbonyl (C=O) groups excluding carboxylic acids is 1. The fourth-order valence-corrected chi connectivity index (χ4v) is 2.73. The van der Waals surface area contributed by atoms with Crippen molar-refractivity contribution in [1.82, 2.24) is 10.6 Å². The van der Waals surface area contributed by atoms with E-state index in [0.717, 1.165) is 27.6 Å². The summed E-state index contributed by atoms with van der Waals surface area (Å²) in [5.74, 6) is 0.850. The monoisotopic (exact) mass is 362 g/mol. The first kappa shape index (κ1) is 18.3. The van der Waals surface area contributed by atoms with Crippen LogP contribution >= 0.6 is 0 Å². The van der Waals surface area contributed by atoms with Gasteiger partial charge in [-0.3, -0.25) is 5.32 Å². The molecule has 0 aliphatic heterocycles. The van der Waals surface area contributed by atoms with Crippen molar-refractivity contribution in [1.29, 1.82) is 0 Å². The van der Waals surface area contributed by atoms with Crippen LogP contribution in [0, 0.1) is 0 Å². The second-order valence-corrected chi connectivity index (χ2v) is 6.00. The number of rotatable bonds is 5. The second-order valence-electron chi connectivity index (χ2n) is 6.00. The lowest BCUT2D eigenvalue weighted by Gasteiger charge is -2.08. The maximum Gasteiger partial charge on any atom is 0.321 e. The number of hydrogen-bond donors (Lipinski definition) is 3. The highest BCUT2D eigenvalue weighted by Gasteiger charge is 2.04. The minimum absolute atomic E-state index is 0.0789. The van der Waals surface area contributed by atoms with Crippen LogP contribution in [-0.4, -0.2) is 19.1 Å². The predicted molar refractivity (Wildman–Crippen MR) is 108 cm³/mol. The molecule has 138 valence electrons. The summed E-state index contributed by atoms with van der Waals surface area (Å²) >= 11 is 0. The Balaban J connectivity index is 1.54. The highest BCUT2D eigenvalue weighted by atomic mass is 16.5. The van der Waals surface area contributed by atoms with Gasteiger partial charge in [0, 0.05) is 6.54 Å². The lowest BCUT2D eigenvalue weighted by atomic mass is 10.1. The van der Waals surface area contributed by atoms with E-state index >= 15 is 0 Å². The van der Waals surface area contributed by atoms with Gasteiger partial charge < -0.3 is 15.8 Å². The lowest BCUT2D eigenvalue weighted by Crippen LogP contribution is -2.43. The Morgan fingerprint density at radius 3 is 2.56 bits per heavy atom. The molecular weight excluding hydrogens is 340 g/mol. The smallest absolute Gasteiger partial charge is 0.321 e. The third-order valence-electron chi connectivity index (χ3n) is 4.15. The zero-order valence-corrected chi connectivity index (χ0v) is 15.1. The van der Waals surface area contributed by atoms with Crippen LogP contribution in [0.3, 0.4) is 0 Å². The molecule has 0 radical (unpaired) electrons. The first-order chi connectivity index (χ1) is 13.2. The highest BCUT2D eigenvalue weighted by molar-refractivity contribution is 5.95. The molecule has 0 spiro atoms. The zero-order chi connectivity index (χ0) is 19.1. The van der Waals surface area contributed by atoms with Crippen LogP contribution in [0.25, 0.3) is 10.8 Å². The molecule has 0 saturated heterocycles. The van der Waals surface area contributed by atoms with E-state index < -0.39 is 6.03 Å². The Kier molecular flexibility index (Phi) is 5.89. The fraction of sp³-hybridized carbons (Fsp3) is 0.143. The summed E-state index contributed by atoms with van der Waals surface area (Å²) in [5, 5.41) is 7.56. The van der Waals surface area contributed by atoms with Crippen molar-refractivity contribution < 1.29 is 9.53 Å². The van der Waals surface area contributed by atoms with Crippen molar-refractivity contribution in [2.24, 2.45) is 10.7 Å². The van der Waals surface area contributed by atoms with E-state index in [-0.39, 0.29) is 5.96 Å². The molecule has 0 bridgehead atoms. The number of fused-ring (bicyclic) bond motifs is 1. The topological polar surface area (TPSA) is 88.7 Å². The Morgan fingerprint density at radius 1 is 1.04 bits per heavy atom. The Labute approximate surface area is 158 Å². The minimum Gasteiger partial charge on any atom is -0.497 e. The van der Waals surface area contributed by atoms with E-state index in [1.54, 1.807) is 7.11 Å². The van der Waals surface area contributed by atoms with Crippen molar-refractivity contribution >= 4 is 22.8 Å². The standard InChI is InChI=1S/C21H22N4O2/c1-27-18-11-9-15(10-12-18)13-24-21(26)25-20(22)23-14-17-7-4-6-16-5-2-3-8-19(16)17/h2-12H,13-14H2,1H3,(H4,22,23,24,25,26). The molecule has 3 aromatic rings. The zero-order valence-electron chi connectivity index (χ0n) is 15.1. The molecule has 6 heteroatoms. The summed E-state index contributed by atoms with van der Waals surface area (Å²) in [6.45, 7) is 0.776. The van der Waals surface area contributed by atoms with Crippen LogP contribution in [-0.2, 0) is 13.1 Å². The van der Waals surface area contributed by atoms with Gasteiger partial charge in [0.25, 0.3) is 0 Å². The molecule has 0 unspecified atom stereocenters. The number of benzene rings is 3. The number of hydrogen-bond acceptors (Lipinski definition) is 3. The summed E-state index contributed by atoms with van der Waals surface area (Å²) in [6, 6.07) is 21.2. The van der Waals surface area contributed by atoms with Gasteiger partial charge in [0.05, 0.1) is 13.7 Å². The van der Waals surface area contributed by atoms with Crippen LogP contribution < -0.4 is 21.1 Å². The number of ether oxygens (including phenoxy) is 1. The van der Waals surface area contributed by atoms with Gasteiger partial charge in [0.2, 0.25) is 0 Å². The first-order valence-electron chi connectivity index (χ1n) is 8.60. The van der Waals surface area contributed by atoms with Gasteiger partial charge in [-0.15, -0.1) is 0 Å². The minimum atomic E-state index is -0.398. The van der Waals surface area contributed by atoms with Crippen molar-refractivity contribution in [3.05, 3.63) is 77.9 Å². The first-order valence-corrected chi connectivity index (χ1v) is 8.60. The molecule has 0 aliphatic rings. The van der Waals surface area contributed by atoms with Gasteiger partial charge in [-0.2, -0.15) is 0 Å². The van der Waals surface area contributed by atoms with E-state index in [9.17, 15) is 4.79 Å². The molecule has 27 heavy (non-hydrogen) atoms. The SMILES string of the molecule is COc1ccc(CNC(=O)NC(N)=NCc2cccc3ccccc23)cc1. The number of carbonyl (C=O) groups is 1. The summed E-state index contributed by atoms with van der Waals surface area (Å²) in [7, 11) is 1.61. The molecule has 0 fully saturated rings. The van der Waals surface area contributed by atoms with Crippen LogP contribution in [0.15, 0.2) is 71.7 Å². The van der Waals surface area contributed by atoms with Crippen LogP contribution in [0.1, 0.15) is 11.1 Å². The molecule has 0 heterocycles. The quantitative estimate of drug-likeness (QED) is 0.481. The van der Waals surface area contributed by atoms with E-state index in [1.165, 1.54) is 0 Å². The molecule has 6 nitrogen and oxygen atoms in total. The molecule has 4 N–H and O–H groups in total. The summed E-state index contributed by atoms with van der Waals surface area (Å²) in [5.41, 5.74) is 7.84. The van der Waals surface area contributed by atoms with E-state index in [4.69, 9.17) is 10.5 Å². The van der Waals surface area contributed by atoms with Crippen molar-refractivity contribution in [2.45, 2.75) is 13.1 Å². The largest absolute Gasteiger partial charge is 0.497 e. The number of aliphatic imine (C=N–C) groups is 1. The van der Waals surface area contributed by atoms with Crippen LogP contribution in [0.2, 0.25) is 0 Å². The third-order valence-corrected chi connectivity index (χ3v) is 4.15. The molecule has 3 rings (SSSR count). The normalized spacial score (nSPS) is 11.2. The van der Waals surface area contributed by atoms with E-state index in [2.05, 4.69) is 27.8 Å². The number of urea groups is 1. The number of nitrogens with one attached hydrogen (secondary N) is 2. The number of guanidine groups is 1. The van der Waals surface area contributed by atoms with Gasteiger partial charge >= 0.3 is 6.03 Å². The second kappa shape index (κ2) is 8.71. The van der Waals surface area contributed by atoms with Crippen LogP contribution in [0.5, 0.6) is 5.75 Å². The maximum atomic E-state index is 12.0. The number of nitrogens with two attached hydrogens (primary N) is 1. The highest BCUT2D eigenvalue weighted by Crippen LogP contribution is 2.19. The molecule has 3 aromatic carbocycles. The van der Waals surface area contributed by atoms with Gasteiger partial charge in [0.1, 0.15) is 5.75 Å². The van der Waals surface area contributed by atoms with Crippen molar-refractivity contribution in [3.63, 3.8) is 0 Å². The van der Waals surface area contributed by atoms with E-state index in [0.29, 0.717) is 13.1 Å². The number of nitrogens with zero attached hydrogens (tertiary/aromatic N) is 1. The molecule has 0 aromatic heterocycles. The Hall–Kier alpha value is -3.54. The fourth-order valence-electron chi connectivity index (χ4n) is 2.73. The van der Waals surface area contributed by atoms with Gasteiger partial charge in [-0.05, 0) is 34.0 Å². The molecular formula is C21H22N4O2. The van der Waals surface area contributed by atoms with Crippen LogP contribution in [0.4, 0.5) is 4.79 Å². The number of amides is 2. The van der Waals surface area contributed by atoms with Crippen molar-refractivity contribution in [2.75, 3.05) is 7.11 Å². The van der Waals surface area contributed by atoms with Gasteiger partial charge in [0.15, 0.2) is 5.96 Å². The third kappa shape index (κ3) is 4.98. The van der Waals surface area contributed by atoms with E-state index in [1.807, 2.05) is 54.6 Å². The number of methoxy groups -OCH3 is 1. The average Bonchev–Trinajstić information content (AvgIpc) is 2.71. The molecule has 0 aliphatic carbocycles. The molecule has 0 atom stereocenters. The van der Waals surface area contributed by atoms with Gasteiger partial charge in [-0.25, -0.2) is 9.79 Å². The summed E-state index contributed by atoms with van der Waals surface area (Å²) in [4.78, 5) is 16.2. The Morgan fingerprint density at radius 2 is 1.78 bits per heavy atom. The predicted octanol–water partition coefficient (Wildman–Crippen LogP) is 3.16. The summed E-state index contributed by atoms with van der Waals surface area (Å²) in [6.07, 6.45) is 0. The molecule has 0 saturated carbocycles. The summed E-state index contributed by atoms with van der Waals surface area (Å²) < 4.78 is 5.11. The lowest BCUT2D eigenvalue weighted by molar-refractivity contribution is 0.245. The van der Waals surface area contributed by atoms with Crippen molar-refractivity contribution in [3.8, 4) is 5.75 Å². The average molecular weight is 362 g/mol. The van der Waals surface area contributed by atoms with Gasteiger partial charge in [-0.1, -0.05) is 54.6 Å².